The molecule has 5 rings (SSSR count). The lowest BCUT2D eigenvalue weighted by atomic mass is 9.68. The third-order valence-corrected chi connectivity index (χ3v) is 9.69. The summed E-state index contributed by atoms with van der Waals surface area (Å²) in [6.45, 7) is 12.4. The molecule has 2 aliphatic rings. The smallest absolute Gasteiger partial charge is 0.162 e. The van der Waals surface area contributed by atoms with E-state index in [0.29, 0.717) is 34.8 Å². The van der Waals surface area contributed by atoms with Gasteiger partial charge in [-0.25, -0.2) is 0 Å². The van der Waals surface area contributed by atoms with Crippen LogP contribution < -0.4 is 10.6 Å². The molecule has 6 heteroatoms. The number of Topliss-reactive ketones (excluding diaryl/α,β-unsaturated/α-hetero) is 1. The Labute approximate surface area is 252 Å². The maximum Gasteiger partial charge on any atom is 0.162 e. The summed E-state index contributed by atoms with van der Waals surface area (Å²) < 4.78 is 0. The number of aryl methyl sites for hydroxylation is 3. The van der Waals surface area contributed by atoms with Crippen molar-refractivity contribution < 1.29 is 4.79 Å². The van der Waals surface area contributed by atoms with Gasteiger partial charge < -0.3 is 5.73 Å². The fraction of sp³-hybridized carbons (Fsp3) is 0.314. The van der Waals surface area contributed by atoms with E-state index >= 15 is 0 Å². The molecule has 3 aromatic carbocycles. The molecule has 3 aromatic rings. The van der Waals surface area contributed by atoms with Crippen molar-refractivity contribution in [1.29, 1.82) is 5.26 Å². The van der Waals surface area contributed by atoms with Crippen molar-refractivity contribution in [2.45, 2.75) is 71.0 Å². The molecule has 1 aliphatic carbocycles. The van der Waals surface area contributed by atoms with E-state index in [0.717, 1.165) is 39.4 Å². The highest BCUT2D eigenvalue weighted by atomic mass is 35.5. The van der Waals surface area contributed by atoms with E-state index in [1.54, 1.807) is 11.8 Å². The zero-order chi connectivity index (χ0) is 29.6. The molecule has 0 spiro atoms. The minimum absolute atomic E-state index is 0.0706. The van der Waals surface area contributed by atoms with Gasteiger partial charge in [0.15, 0.2) is 5.78 Å². The maximum atomic E-state index is 14.0. The number of allylic oxidation sites excluding steroid dienone is 3. The van der Waals surface area contributed by atoms with Crippen molar-refractivity contribution in [3.63, 3.8) is 0 Å². The Balaban J connectivity index is 1.67. The van der Waals surface area contributed by atoms with E-state index in [4.69, 9.17) is 17.3 Å². The molecule has 0 amide bonds. The number of nitrogens with zero attached hydrogens (tertiary/aromatic N) is 2. The highest BCUT2D eigenvalue weighted by Gasteiger charge is 2.45. The van der Waals surface area contributed by atoms with E-state index in [2.05, 4.69) is 77.1 Å². The van der Waals surface area contributed by atoms with E-state index in [1.165, 1.54) is 16.0 Å². The van der Waals surface area contributed by atoms with E-state index in [9.17, 15) is 10.1 Å². The van der Waals surface area contributed by atoms with Gasteiger partial charge >= 0.3 is 0 Å². The monoisotopic (exact) mass is 581 g/mol. The average molecular weight is 582 g/mol. The number of rotatable bonds is 5. The van der Waals surface area contributed by atoms with Crippen LogP contribution in [0, 0.1) is 44.4 Å². The minimum atomic E-state index is -0.515. The zero-order valence-electron chi connectivity index (χ0n) is 24.6. The number of hydrogen-bond donors (Lipinski definition) is 1. The predicted octanol–water partition coefficient (Wildman–Crippen LogP) is 8.81. The molecular formula is C35H36ClN3OS. The highest BCUT2D eigenvalue weighted by molar-refractivity contribution is 7.98. The Morgan fingerprint density at radius 2 is 1.73 bits per heavy atom. The number of hydrogen-bond acceptors (Lipinski definition) is 5. The number of carbonyl (C=O) groups is 1. The quantitative estimate of drug-likeness (QED) is 0.305. The SMILES string of the molecule is Cc1ccc(SCc2cc(C)cc(C3C(C#N)=C(N)N(c4ccc(C)c(Cl)c4)C4=C3C(=O)CC(C)(C)C4)c2C)cc1. The summed E-state index contributed by atoms with van der Waals surface area (Å²) in [6.07, 6.45) is 1.08. The third kappa shape index (κ3) is 5.56. The number of thioether (sulfide) groups is 1. The van der Waals surface area contributed by atoms with Crippen molar-refractivity contribution in [2.75, 3.05) is 4.90 Å². The van der Waals surface area contributed by atoms with Gasteiger partial charge in [-0.05, 0) is 86.1 Å². The normalized spacial score (nSPS) is 18.4. The van der Waals surface area contributed by atoms with Crippen LogP contribution >= 0.6 is 23.4 Å². The standard InChI is InChI=1S/C35H36ClN3OS/c1-20-7-11-26(12-8-20)41-19-24-13-21(2)14-27(23(24)4)32-28(18-37)34(38)39(25-10-9-22(3)29(36)15-25)30-16-35(5,6)17-31(40)33(30)32/h7-15,32H,16-17,19,38H2,1-6H3. The Kier molecular flexibility index (Phi) is 7.85. The van der Waals surface area contributed by atoms with Crippen LogP contribution in [0.15, 0.2) is 82.2 Å². The summed E-state index contributed by atoms with van der Waals surface area (Å²) >= 11 is 8.33. The number of nitriles is 1. The summed E-state index contributed by atoms with van der Waals surface area (Å²) in [5.74, 6) is 0.705. The van der Waals surface area contributed by atoms with Crippen LogP contribution in [0.3, 0.4) is 0 Å². The summed E-state index contributed by atoms with van der Waals surface area (Å²) in [5.41, 5.74) is 15.9. The minimum Gasteiger partial charge on any atom is -0.384 e. The van der Waals surface area contributed by atoms with Crippen LogP contribution in [0.1, 0.15) is 66.0 Å². The van der Waals surface area contributed by atoms with Gasteiger partial charge in [-0.15, -0.1) is 11.8 Å². The second-order valence-electron chi connectivity index (χ2n) is 12.2. The first-order chi connectivity index (χ1) is 19.4. The molecule has 41 heavy (non-hydrogen) atoms. The number of nitrogens with two attached hydrogens (primary N) is 1. The number of benzene rings is 3. The number of ketones is 1. The van der Waals surface area contributed by atoms with Crippen LogP contribution in [-0.4, -0.2) is 5.78 Å². The van der Waals surface area contributed by atoms with E-state index < -0.39 is 5.92 Å². The first-order valence-corrected chi connectivity index (χ1v) is 15.3. The molecule has 1 unspecified atom stereocenters. The second kappa shape index (κ2) is 11.1. The lowest BCUT2D eigenvalue weighted by Gasteiger charge is -2.44. The predicted molar refractivity (Wildman–Crippen MR) is 170 cm³/mol. The number of carbonyl (C=O) groups excluding carboxylic acids is 1. The van der Waals surface area contributed by atoms with Crippen molar-refractivity contribution >= 4 is 34.8 Å². The lowest BCUT2D eigenvalue weighted by Crippen LogP contribution is -2.42. The number of anilines is 1. The molecular weight excluding hydrogens is 546 g/mol. The van der Waals surface area contributed by atoms with E-state index in [-0.39, 0.29) is 11.2 Å². The number of halogens is 1. The van der Waals surface area contributed by atoms with Gasteiger partial charge in [-0.1, -0.05) is 66.9 Å². The Bertz CT molecular complexity index is 1660. The van der Waals surface area contributed by atoms with Crippen LogP contribution in [0.2, 0.25) is 5.02 Å². The second-order valence-corrected chi connectivity index (χ2v) is 13.6. The fourth-order valence-corrected chi connectivity index (χ4v) is 7.17. The lowest BCUT2D eigenvalue weighted by molar-refractivity contribution is -0.118. The van der Waals surface area contributed by atoms with Gasteiger partial charge in [0.2, 0.25) is 0 Å². The maximum absolute atomic E-state index is 14.0. The molecule has 0 saturated carbocycles. The molecule has 1 heterocycles. The van der Waals surface area contributed by atoms with Gasteiger partial charge in [0.05, 0.1) is 17.6 Å². The first-order valence-electron chi connectivity index (χ1n) is 13.9. The topological polar surface area (TPSA) is 70.1 Å². The molecule has 210 valence electrons. The van der Waals surface area contributed by atoms with Crippen LogP contribution in [0.4, 0.5) is 5.69 Å². The van der Waals surface area contributed by atoms with Gasteiger partial charge in [0.1, 0.15) is 5.82 Å². The summed E-state index contributed by atoms with van der Waals surface area (Å²) in [7, 11) is 0. The van der Waals surface area contributed by atoms with Crippen molar-refractivity contribution in [2.24, 2.45) is 11.1 Å². The van der Waals surface area contributed by atoms with Crippen molar-refractivity contribution in [1.82, 2.24) is 0 Å². The highest BCUT2D eigenvalue weighted by Crippen LogP contribution is 2.51. The summed E-state index contributed by atoms with van der Waals surface area (Å²) in [5, 5.41) is 11.2. The average Bonchev–Trinajstić information content (AvgIpc) is 2.90. The molecule has 0 bridgehead atoms. The summed E-state index contributed by atoms with van der Waals surface area (Å²) in [4.78, 5) is 17.1. The van der Waals surface area contributed by atoms with Crippen molar-refractivity contribution in [3.05, 3.63) is 116 Å². The molecule has 0 aromatic heterocycles. The van der Waals surface area contributed by atoms with Gasteiger partial charge in [0, 0.05) is 39.0 Å². The Morgan fingerprint density at radius 3 is 2.39 bits per heavy atom. The molecule has 0 saturated heterocycles. The largest absolute Gasteiger partial charge is 0.384 e. The fourth-order valence-electron chi connectivity index (χ4n) is 6.04. The van der Waals surface area contributed by atoms with Crippen LogP contribution in [0.25, 0.3) is 0 Å². The van der Waals surface area contributed by atoms with Gasteiger partial charge in [-0.3, -0.25) is 9.69 Å². The van der Waals surface area contributed by atoms with Gasteiger partial charge in [-0.2, -0.15) is 5.26 Å². The molecule has 1 atom stereocenters. The van der Waals surface area contributed by atoms with Crippen LogP contribution in [0.5, 0.6) is 0 Å². The molecule has 0 radical (unpaired) electrons. The van der Waals surface area contributed by atoms with Crippen LogP contribution in [-0.2, 0) is 10.5 Å². The molecule has 4 nitrogen and oxygen atoms in total. The molecule has 2 N–H and O–H groups in total. The Morgan fingerprint density at radius 1 is 1.02 bits per heavy atom. The van der Waals surface area contributed by atoms with E-state index in [1.807, 2.05) is 30.0 Å². The Hall–Kier alpha value is -3.46. The molecule has 1 aliphatic heterocycles. The first kappa shape index (κ1) is 29.0. The molecule has 0 fully saturated rings. The van der Waals surface area contributed by atoms with Crippen molar-refractivity contribution in [3.8, 4) is 6.07 Å². The third-order valence-electron chi connectivity index (χ3n) is 8.22. The zero-order valence-corrected chi connectivity index (χ0v) is 26.1. The van der Waals surface area contributed by atoms with Gasteiger partial charge in [0.25, 0.3) is 0 Å². The summed E-state index contributed by atoms with van der Waals surface area (Å²) in [6, 6.07) is 21.1.